The fourth-order valence-corrected chi connectivity index (χ4v) is 3.29. The Labute approximate surface area is 125 Å². The Morgan fingerprint density at radius 1 is 1.10 bits per heavy atom. The lowest BCUT2D eigenvalue weighted by molar-refractivity contribution is 0.274. The van der Waals surface area contributed by atoms with Gasteiger partial charge in [0.2, 0.25) is 0 Å². The molecule has 0 aliphatic heterocycles. The number of rotatable bonds is 4. The van der Waals surface area contributed by atoms with E-state index in [4.69, 9.17) is 0 Å². The van der Waals surface area contributed by atoms with Crippen LogP contribution in [-0.4, -0.2) is 6.54 Å². The van der Waals surface area contributed by atoms with Crippen LogP contribution in [-0.2, 0) is 12.0 Å². The number of hydrogen-bond donors (Lipinski definition) is 1. The van der Waals surface area contributed by atoms with Gasteiger partial charge in [-0.05, 0) is 47.8 Å². The van der Waals surface area contributed by atoms with Crippen molar-refractivity contribution in [2.75, 3.05) is 6.54 Å². The van der Waals surface area contributed by atoms with Crippen molar-refractivity contribution in [3.63, 3.8) is 0 Å². The Morgan fingerprint density at radius 3 is 2.40 bits per heavy atom. The molecular weight excluding hydrogens is 242 g/mol. The van der Waals surface area contributed by atoms with Crippen molar-refractivity contribution in [3.8, 4) is 0 Å². The highest BCUT2D eigenvalue weighted by atomic mass is 14.9. The second-order valence-corrected chi connectivity index (χ2v) is 7.72. The van der Waals surface area contributed by atoms with E-state index in [1.54, 1.807) is 0 Å². The molecule has 0 bridgehead atoms. The zero-order chi connectivity index (χ0) is 14.6. The van der Waals surface area contributed by atoms with Gasteiger partial charge in [-0.2, -0.15) is 0 Å². The van der Waals surface area contributed by atoms with Gasteiger partial charge in [0, 0.05) is 6.54 Å². The second-order valence-electron chi connectivity index (χ2n) is 7.72. The van der Waals surface area contributed by atoms with Crippen LogP contribution in [0, 0.1) is 11.8 Å². The SMILES string of the molecule is CC1CCCC(CNCc2ccc(C(C)(C)C)cc2)C1. The minimum atomic E-state index is 0.254. The molecule has 1 heteroatoms. The molecule has 2 rings (SSSR count). The summed E-state index contributed by atoms with van der Waals surface area (Å²) in [7, 11) is 0. The summed E-state index contributed by atoms with van der Waals surface area (Å²) >= 11 is 0. The van der Waals surface area contributed by atoms with Gasteiger partial charge < -0.3 is 5.32 Å². The molecule has 1 N–H and O–H groups in total. The van der Waals surface area contributed by atoms with Crippen molar-refractivity contribution in [2.24, 2.45) is 11.8 Å². The van der Waals surface area contributed by atoms with E-state index in [-0.39, 0.29) is 5.41 Å². The quantitative estimate of drug-likeness (QED) is 0.822. The maximum absolute atomic E-state index is 3.65. The third-order valence-electron chi connectivity index (χ3n) is 4.63. The van der Waals surface area contributed by atoms with Gasteiger partial charge in [0.1, 0.15) is 0 Å². The van der Waals surface area contributed by atoms with Crippen LogP contribution < -0.4 is 5.32 Å². The Hall–Kier alpha value is -0.820. The fourth-order valence-electron chi connectivity index (χ4n) is 3.29. The predicted molar refractivity (Wildman–Crippen MR) is 88.0 cm³/mol. The van der Waals surface area contributed by atoms with E-state index in [2.05, 4.69) is 57.3 Å². The third kappa shape index (κ3) is 4.63. The van der Waals surface area contributed by atoms with E-state index in [0.29, 0.717) is 0 Å². The summed E-state index contributed by atoms with van der Waals surface area (Å²) in [4.78, 5) is 0. The van der Waals surface area contributed by atoms with Crippen molar-refractivity contribution >= 4 is 0 Å². The van der Waals surface area contributed by atoms with Crippen LogP contribution in [0.2, 0.25) is 0 Å². The standard InChI is InChI=1S/C19H31N/c1-15-6-5-7-17(12-15)14-20-13-16-8-10-18(11-9-16)19(2,3)4/h8-11,15,17,20H,5-7,12-14H2,1-4H3. The van der Waals surface area contributed by atoms with Crippen LogP contribution in [0.1, 0.15) is 64.5 Å². The molecule has 112 valence electrons. The van der Waals surface area contributed by atoms with E-state index < -0.39 is 0 Å². The van der Waals surface area contributed by atoms with E-state index in [1.807, 2.05) is 0 Å². The van der Waals surface area contributed by atoms with Crippen LogP contribution in [0.5, 0.6) is 0 Å². The van der Waals surface area contributed by atoms with E-state index >= 15 is 0 Å². The van der Waals surface area contributed by atoms with Gasteiger partial charge in [0.25, 0.3) is 0 Å². The smallest absolute Gasteiger partial charge is 0.0205 e. The molecule has 1 aromatic carbocycles. The van der Waals surface area contributed by atoms with Crippen molar-refractivity contribution in [1.82, 2.24) is 5.32 Å². The van der Waals surface area contributed by atoms with E-state index in [1.165, 1.54) is 43.4 Å². The summed E-state index contributed by atoms with van der Waals surface area (Å²) in [6, 6.07) is 9.10. The monoisotopic (exact) mass is 273 g/mol. The topological polar surface area (TPSA) is 12.0 Å². The Balaban J connectivity index is 1.77. The first kappa shape index (κ1) is 15.6. The molecule has 1 saturated carbocycles. The fraction of sp³-hybridized carbons (Fsp3) is 0.684. The zero-order valence-electron chi connectivity index (χ0n) is 13.7. The number of nitrogens with one attached hydrogen (secondary N) is 1. The number of benzene rings is 1. The zero-order valence-corrected chi connectivity index (χ0v) is 13.7. The first-order valence-electron chi connectivity index (χ1n) is 8.25. The molecule has 0 heterocycles. The van der Waals surface area contributed by atoms with Gasteiger partial charge in [-0.3, -0.25) is 0 Å². The van der Waals surface area contributed by atoms with E-state index in [9.17, 15) is 0 Å². The average molecular weight is 273 g/mol. The molecule has 1 fully saturated rings. The lowest BCUT2D eigenvalue weighted by Gasteiger charge is -2.27. The van der Waals surface area contributed by atoms with Gasteiger partial charge in [0.15, 0.2) is 0 Å². The molecule has 0 amide bonds. The van der Waals surface area contributed by atoms with Crippen molar-refractivity contribution in [1.29, 1.82) is 0 Å². The summed E-state index contributed by atoms with van der Waals surface area (Å²) in [6.45, 7) is 11.4. The van der Waals surface area contributed by atoms with Crippen LogP contribution in [0.25, 0.3) is 0 Å². The minimum absolute atomic E-state index is 0.254. The molecule has 1 aliphatic rings. The van der Waals surface area contributed by atoms with E-state index in [0.717, 1.165) is 18.4 Å². The average Bonchev–Trinajstić information content (AvgIpc) is 2.38. The third-order valence-corrected chi connectivity index (χ3v) is 4.63. The summed E-state index contributed by atoms with van der Waals surface area (Å²) in [6.07, 6.45) is 5.69. The van der Waals surface area contributed by atoms with Gasteiger partial charge in [-0.1, -0.05) is 64.8 Å². The predicted octanol–water partition coefficient (Wildman–Crippen LogP) is 4.90. The van der Waals surface area contributed by atoms with Crippen molar-refractivity contribution < 1.29 is 0 Å². The molecule has 2 unspecified atom stereocenters. The van der Waals surface area contributed by atoms with Crippen LogP contribution >= 0.6 is 0 Å². The highest BCUT2D eigenvalue weighted by Crippen LogP contribution is 2.28. The maximum atomic E-state index is 3.65. The Bertz CT molecular complexity index is 399. The lowest BCUT2D eigenvalue weighted by atomic mass is 9.82. The van der Waals surface area contributed by atoms with Gasteiger partial charge in [-0.15, -0.1) is 0 Å². The minimum Gasteiger partial charge on any atom is -0.312 e. The molecular formula is C19H31N. The summed E-state index contributed by atoms with van der Waals surface area (Å²) < 4.78 is 0. The second kappa shape index (κ2) is 6.76. The largest absolute Gasteiger partial charge is 0.312 e. The lowest BCUT2D eigenvalue weighted by Crippen LogP contribution is -2.26. The summed E-state index contributed by atoms with van der Waals surface area (Å²) in [5, 5.41) is 3.65. The summed E-state index contributed by atoms with van der Waals surface area (Å²) in [5.74, 6) is 1.83. The van der Waals surface area contributed by atoms with Crippen molar-refractivity contribution in [3.05, 3.63) is 35.4 Å². The molecule has 0 saturated heterocycles. The molecule has 1 aliphatic carbocycles. The normalized spacial score (nSPS) is 23.8. The van der Waals surface area contributed by atoms with Gasteiger partial charge in [0.05, 0.1) is 0 Å². The molecule has 0 radical (unpaired) electrons. The van der Waals surface area contributed by atoms with Gasteiger partial charge >= 0.3 is 0 Å². The van der Waals surface area contributed by atoms with Crippen molar-refractivity contribution in [2.45, 2.75) is 65.3 Å². The van der Waals surface area contributed by atoms with Crippen LogP contribution in [0.3, 0.4) is 0 Å². The Morgan fingerprint density at radius 2 is 1.80 bits per heavy atom. The summed E-state index contributed by atoms with van der Waals surface area (Å²) in [5.41, 5.74) is 3.08. The molecule has 20 heavy (non-hydrogen) atoms. The number of hydrogen-bond acceptors (Lipinski definition) is 1. The highest BCUT2D eigenvalue weighted by Gasteiger charge is 2.18. The maximum Gasteiger partial charge on any atom is 0.0205 e. The van der Waals surface area contributed by atoms with Crippen LogP contribution in [0.15, 0.2) is 24.3 Å². The van der Waals surface area contributed by atoms with Crippen LogP contribution in [0.4, 0.5) is 0 Å². The van der Waals surface area contributed by atoms with Gasteiger partial charge in [-0.25, -0.2) is 0 Å². The molecule has 2 atom stereocenters. The molecule has 1 aromatic rings. The highest BCUT2D eigenvalue weighted by molar-refractivity contribution is 5.27. The molecule has 1 nitrogen and oxygen atoms in total. The first-order valence-corrected chi connectivity index (χ1v) is 8.25. The Kier molecular flexibility index (Phi) is 5.26. The molecule has 0 spiro atoms. The molecule has 0 aromatic heterocycles. The first-order chi connectivity index (χ1) is 9.45.